The third kappa shape index (κ3) is 5.01. The average molecular weight is 502 g/mol. The van der Waals surface area contributed by atoms with Gasteiger partial charge in [0.05, 0.1) is 19.5 Å². The highest BCUT2D eigenvalue weighted by atomic mass is 32.2. The highest BCUT2D eigenvalue weighted by Crippen LogP contribution is 2.38. The van der Waals surface area contributed by atoms with Crippen molar-refractivity contribution in [3.8, 4) is 17.2 Å². The fourth-order valence-corrected chi connectivity index (χ4v) is 5.73. The van der Waals surface area contributed by atoms with E-state index in [1.165, 1.54) is 0 Å². The van der Waals surface area contributed by atoms with Gasteiger partial charge < -0.3 is 14.2 Å². The van der Waals surface area contributed by atoms with Crippen LogP contribution in [0.2, 0.25) is 0 Å². The van der Waals surface area contributed by atoms with Gasteiger partial charge in [-0.2, -0.15) is 0 Å². The van der Waals surface area contributed by atoms with E-state index in [-0.39, 0.29) is 17.7 Å². The molecule has 2 aromatic heterocycles. The monoisotopic (exact) mass is 501 g/mol. The van der Waals surface area contributed by atoms with E-state index >= 15 is 0 Å². The molecule has 0 amide bonds. The van der Waals surface area contributed by atoms with E-state index in [9.17, 15) is 8.42 Å². The number of sulfone groups is 1. The Hall–Kier alpha value is -3.05. The van der Waals surface area contributed by atoms with Gasteiger partial charge in [-0.3, -0.25) is 4.57 Å². The number of aromatic nitrogens is 5. The first-order valence-corrected chi connectivity index (χ1v) is 13.3. The molecule has 0 bridgehead atoms. The van der Waals surface area contributed by atoms with Gasteiger partial charge in [-0.25, -0.2) is 18.4 Å². The molecule has 0 radical (unpaired) electrons. The number of nitrogens with zero attached hydrogens (tertiary/aromatic N) is 5. The van der Waals surface area contributed by atoms with Crippen LogP contribution in [0.4, 0.5) is 0 Å². The molecule has 188 valence electrons. The summed E-state index contributed by atoms with van der Waals surface area (Å²) in [7, 11) is -0.573. The van der Waals surface area contributed by atoms with Crippen LogP contribution < -0.4 is 9.47 Å². The number of hydrogen-bond donors (Lipinski definition) is 0. The number of methoxy groups -OCH3 is 2. The van der Waals surface area contributed by atoms with E-state index < -0.39 is 21.0 Å². The molecule has 1 saturated heterocycles. The predicted octanol–water partition coefficient (Wildman–Crippen LogP) is 3.34. The summed E-state index contributed by atoms with van der Waals surface area (Å²) in [6.07, 6.45) is 4.73. The molecule has 1 aromatic carbocycles. The maximum absolute atomic E-state index is 13.6. The quantitative estimate of drug-likeness (QED) is 0.435. The van der Waals surface area contributed by atoms with E-state index in [1.54, 1.807) is 56.3 Å². The molecule has 1 aliphatic heterocycles. The predicted molar refractivity (Wildman–Crippen MR) is 130 cm³/mol. The van der Waals surface area contributed by atoms with Gasteiger partial charge in [0.15, 0.2) is 21.5 Å². The minimum absolute atomic E-state index is 0.266. The average Bonchev–Trinajstić information content (AvgIpc) is 3.52. The minimum atomic E-state index is -3.68. The second-order valence-corrected chi connectivity index (χ2v) is 11.1. The molecular formula is C24H31N5O5S. The van der Waals surface area contributed by atoms with Crippen molar-refractivity contribution in [2.75, 3.05) is 20.8 Å². The number of para-hydroxylation sites is 1. The SMILES string of the molecule is COc1cccc(OC)c1-n1c(CS(=O)(=O)[C@@H](C)[C@H](C)c2ncc(C)cn2)nnc1[C@H]1CCCO1. The van der Waals surface area contributed by atoms with Crippen LogP contribution in [0.1, 0.15) is 61.7 Å². The molecule has 1 aliphatic rings. The summed E-state index contributed by atoms with van der Waals surface area (Å²) >= 11 is 0. The summed E-state index contributed by atoms with van der Waals surface area (Å²) in [6.45, 7) is 5.99. The van der Waals surface area contributed by atoms with Crippen LogP contribution in [-0.4, -0.2) is 59.2 Å². The lowest BCUT2D eigenvalue weighted by atomic mass is 10.1. The van der Waals surface area contributed by atoms with E-state index in [0.29, 0.717) is 35.4 Å². The van der Waals surface area contributed by atoms with Gasteiger partial charge in [0.25, 0.3) is 0 Å². The number of benzene rings is 1. The number of aryl methyl sites for hydroxylation is 1. The standard InChI is InChI=1S/C24H31N5O5S/c1-15-12-25-23(26-13-15)16(2)17(3)35(30,31)14-21-27-28-24(20-10-7-11-34-20)29(21)22-18(32-4)8-6-9-19(22)33-5/h6,8-9,12-13,16-17,20H,7,10-11,14H2,1-5H3/t16-,17-,20+/m0/s1. The maximum Gasteiger partial charge on any atom is 0.167 e. The van der Waals surface area contributed by atoms with Gasteiger partial charge in [-0.15, -0.1) is 10.2 Å². The highest BCUT2D eigenvalue weighted by Gasteiger charge is 2.34. The fourth-order valence-electron chi connectivity index (χ4n) is 4.18. The lowest BCUT2D eigenvalue weighted by molar-refractivity contribution is 0.103. The van der Waals surface area contributed by atoms with Gasteiger partial charge in [0, 0.05) is 24.9 Å². The third-order valence-corrected chi connectivity index (χ3v) is 8.61. The Morgan fingerprint density at radius 2 is 1.77 bits per heavy atom. The van der Waals surface area contributed by atoms with Crippen molar-refractivity contribution in [3.05, 3.63) is 53.6 Å². The van der Waals surface area contributed by atoms with Crippen LogP contribution in [0.5, 0.6) is 11.5 Å². The number of hydrogen-bond acceptors (Lipinski definition) is 9. The zero-order chi connectivity index (χ0) is 25.2. The van der Waals surface area contributed by atoms with Crippen molar-refractivity contribution in [3.63, 3.8) is 0 Å². The van der Waals surface area contributed by atoms with E-state index in [4.69, 9.17) is 14.2 Å². The Balaban J connectivity index is 1.76. The molecule has 3 aromatic rings. The summed E-state index contributed by atoms with van der Waals surface area (Å²) < 4.78 is 45.9. The first-order valence-electron chi connectivity index (χ1n) is 11.5. The molecule has 11 heteroatoms. The topological polar surface area (TPSA) is 118 Å². The smallest absolute Gasteiger partial charge is 0.167 e. The van der Waals surface area contributed by atoms with Crippen molar-refractivity contribution < 1.29 is 22.6 Å². The van der Waals surface area contributed by atoms with Gasteiger partial charge in [-0.05, 0) is 44.4 Å². The molecule has 0 aliphatic carbocycles. The van der Waals surface area contributed by atoms with Crippen LogP contribution in [0, 0.1) is 6.92 Å². The van der Waals surface area contributed by atoms with Crippen LogP contribution in [0.25, 0.3) is 5.69 Å². The molecular weight excluding hydrogens is 470 g/mol. The molecule has 4 rings (SSSR count). The molecule has 0 saturated carbocycles. The Morgan fingerprint density at radius 3 is 2.34 bits per heavy atom. The van der Waals surface area contributed by atoms with Crippen molar-refractivity contribution in [1.29, 1.82) is 0 Å². The van der Waals surface area contributed by atoms with Gasteiger partial charge in [0.1, 0.15) is 34.9 Å². The van der Waals surface area contributed by atoms with Gasteiger partial charge >= 0.3 is 0 Å². The summed E-state index contributed by atoms with van der Waals surface area (Å²) in [4.78, 5) is 8.66. The fraction of sp³-hybridized carbons (Fsp3) is 0.500. The second kappa shape index (κ2) is 10.3. The zero-order valence-electron chi connectivity index (χ0n) is 20.6. The lowest BCUT2D eigenvalue weighted by Crippen LogP contribution is -2.27. The molecule has 0 N–H and O–H groups in total. The van der Waals surface area contributed by atoms with Crippen LogP contribution in [-0.2, 0) is 20.3 Å². The van der Waals surface area contributed by atoms with E-state index in [1.807, 2.05) is 13.8 Å². The van der Waals surface area contributed by atoms with Crippen LogP contribution >= 0.6 is 0 Å². The van der Waals surface area contributed by atoms with Crippen molar-refractivity contribution in [1.82, 2.24) is 24.7 Å². The van der Waals surface area contributed by atoms with Crippen LogP contribution in [0.15, 0.2) is 30.6 Å². The summed E-state index contributed by atoms with van der Waals surface area (Å²) in [6, 6.07) is 5.38. The largest absolute Gasteiger partial charge is 0.494 e. The number of rotatable bonds is 9. The highest BCUT2D eigenvalue weighted by molar-refractivity contribution is 7.91. The van der Waals surface area contributed by atoms with E-state index in [2.05, 4.69) is 20.2 Å². The molecule has 0 unspecified atom stereocenters. The second-order valence-electron chi connectivity index (χ2n) is 8.74. The normalized spacial score (nSPS) is 17.8. The minimum Gasteiger partial charge on any atom is -0.494 e. The van der Waals surface area contributed by atoms with E-state index in [0.717, 1.165) is 18.4 Å². The summed E-state index contributed by atoms with van der Waals surface area (Å²) in [5.41, 5.74) is 1.46. The van der Waals surface area contributed by atoms with Crippen LogP contribution in [0.3, 0.4) is 0 Å². The van der Waals surface area contributed by atoms with Gasteiger partial charge in [-0.1, -0.05) is 13.0 Å². The maximum atomic E-state index is 13.6. The Morgan fingerprint density at radius 1 is 1.11 bits per heavy atom. The molecule has 35 heavy (non-hydrogen) atoms. The summed E-state index contributed by atoms with van der Waals surface area (Å²) in [5, 5.41) is 7.93. The molecule has 10 nitrogen and oxygen atoms in total. The van der Waals surface area contributed by atoms with Gasteiger partial charge in [0.2, 0.25) is 0 Å². The first kappa shape index (κ1) is 25.1. The van der Waals surface area contributed by atoms with Crippen molar-refractivity contribution >= 4 is 9.84 Å². The zero-order valence-corrected chi connectivity index (χ0v) is 21.4. The Bertz CT molecular complexity index is 1250. The lowest BCUT2D eigenvalue weighted by Gasteiger charge is -2.21. The first-order chi connectivity index (χ1) is 16.8. The Kier molecular flexibility index (Phi) is 7.36. The van der Waals surface area contributed by atoms with Crippen molar-refractivity contribution in [2.45, 2.75) is 56.6 Å². The third-order valence-electron chi connectivity index (χ3n) is 6.41. The molecule has 1 fully saturated rings. The number of ether oxygens (including phenoxy) is 3. The molecule has 3 heterocycles. The Labute approximate surface area is 205 Å². The molecule has 0 spiro atoms. The van der Waals surface area contributed by atoms with Crippen molar-refractivity contribution in [2.24, 2.45) is 0 Å². The summed E-state index contributed by atoms with van der Waals surface area (Å²) in [5.74, 6) is 1.56. The molecule has 3 atom stereocenters.